The van der Waals surface area contributed by atoms with Gasteiger partial charge in [-0.3, -0.25) is 4.99 Å². The summed E-state index contributed by atoms with van der Waals surface area (Å²) in [6.07, 6.45) is 5.39. The van der Waals surface area contributed by atoms with Crippen LogP contribution >= 0.6 is 0 Å². The van der Waals surface area contributed by atoms with E-state index in [2.05, 4.69) is 0 Å². The van der Waals surface area contributed by atoms with Crippen LogP contribution in [0.4, 0.5) is 0 Å². The summed E-state index contributed by atoms with van der Waals surface area (Å²) in [6.45, 7) is 4.23. The summed E-state index contributed by atoms with van der Waals surface area (Å²) in [4.78, 5) is 17.8. The molecule has 0 spiro atoms. The molecule has 0 heterocycles. The summed E-state index contributed by atoms with van der Waals surface area (Å²) < 4.78 is 5.57. The van der Waals surface area contributed by atoms with Gasteiger partial charge in [0, 0.05) is 5.41 Å². The van der Waals surface area contributed by atoms with E-state index in [1.54, 1.807) is 0 Å². The third-order valence-corrected chi connectivity index (χ3v) is 6.33. The summed E-state index contributed by atoms with van der Waals surface area (Å²) in [7, 11) is 0. The van der Waals surface area contributed by atoms with Gasteiger partial charge in [-0.1, -0.05) is 30.3 Å². The minimum Gasteiger partial charge on any atom is -0.458 e. The van der Waals surface area contributed by atoms with Crippen molar-refractivity contribution in [1.82, 2.24) is 0 Å². The van der Waals surface area contributed by atoms with Gasteiger partial charge in [-0.25, -0.2) is 4.79 Å². The van der Waals surface area contributed by atoms with E-state index in [4.69, 9.17) is 9.73 Å². The largest absolute Gasteiger partial charge is 0.458 e. The quantitative estimate of drug-likeness (QED) is 0.643. The lowest BCUT2D eigenvalue weighted by atomic mass is 9.46. The Hall–Kier alpha value is -1.68. The van der Waals surface area contributed by atoms with E-state index < -0.39 is 5.60 Å². The van der Waals surface area contributed by atoms with Crippen molar-refractivity contribution in [3.63, 3.8) is 0 Å². The van der Waals surface area contributed by atoms with E-state index in [0.717, 1.165) is 31.2 Å². The maximum Gasteiger partial charge on any atom is 0.353 e. The number of esters is 1. The third-order valence-electron chi connectivity index (χ3n) is 6.33. The maximum absolute atomic E-state index is 13.0. The molecule has 2 atom stereocenters. The van der Waals surface area contributed by atoms with E-state index >= 15 is 0 Å². The summed E-state index contributed by atoms with van der Waals surface area (Å²) in [5, 5.41) is 11.1. The lowest BCUT2D eigenvalue weighted by Crippen LogP contribution is -2.59. The van der Waals surface area contributed by atoms with Crippen molar-refractivity contribution in [2.75, 3.05) is 0 Å². The number of nitrogens with zero attached hydrogens (tertiary/aromatic N) is 1. The molecule has 0 amide bonds. The van der Waals surface area contributed by atoms with Gasteiger partial charge in [0.1, 0.15) is 5.71 Å². The number of rotatable bonds is 5. The molecular formula is C22H29NO3. The van der Waals surface area contributed by atoms with Gasteiger partial charge in [0.2, 0.25) is 0 Å². The zero-order chi connectivity index (χ0) is 18.4. The number of benzene rings is 1. The summed E-state index contributed by atoms with van der Waals surface area (Å²) >= 11 is 0. The SMILES string of the molecule is CC(C)OC(=O)C(=NCc1ccccc1)C12CC3CC(CC(O)(C3)C1)C2. The van der Waals surface area contributed by atoms with Crippen LogP contribution in [-0.4, -0.2) is 28.5 Å². The Bertz CT molecular complexity index is 695. The van der Waals surface area contributed by atoms with Crippen LogP contribution in [0, 0.1) is 17.3 Å². The van der Waals surface area contributed by atoms with E-state index in [1.165, 1.54) is 6.42 Å². The van der Waals surface area contributed by atoms with Crippen molar-refractivity contribution < 1.29 is 14.6 Å². The van der Waals surface area contributed by atoms with Crippen LogP contribution in [0.3, 0.4) is 0 Å². The van der Waals surface area contributed by atoms with Gasteiger partial charge in [0.05, 0.1) is 18.2 Å². The fourth-order valence-corrected chi connectivity index (χ4v) is 5.96. The molecule has 0 radical (unpaired) electrons. The third kappa shape index (κ3) is 3.32. The minimum absolute atomic E-state index is 0.165. The highest BCUT2D eigenvalue weighted by molar-refractivity contribution is 6.38. The second-order valence-corrected chi connectivity index (χ2v) is 9.07. The van der Waals surface area contributed by atoms with Gasteiger partial charge in [-0.2, -0.15) is 0 Å². The predicted octanol–water partition coefficient (Wildman–Crippen LogP) is 3.91. The number of ether oxygens (including phenoxy) is 1. The van der Waals surface area contributed by atoms with Crippen LogP contribution in [-0.2, 0) is 16.1 Å². The van der Waals surface area contributed by atoms with Gasteiger partial charge in [-0.05, 0) is 69.8 Å². The fraction of sp³-hybridized carbons (Fsp3) is 0.636. The number of hydrogen-bond donors (Lipinski definition) is 1. The number of aliphatic hydroxyl groups is 1. The molecule has 0 aliphatic heterocycles. The highest BCUT2D eigenvalue weighted by atomic mass is 16.5. The van der Waals surface area contributed by atoms with Gasteiger partial charge in [0.25, 0.3) is 0 Å². The predicted molar refractivity (Wildman–Crippen MR) is 101 cm³/mol. The summed E-state index contributed by atoms with van der Waals surface area (Å²) in [5.41, 5.74) is 0.739. The highest BCUT2D eigenvalue weighted by Gasteiger charge is 2.60. The Kier molecular flexibility index (Phi) is 4.42. The molecule has 26 heavy (non-hydrogen) atoms. The molecule has 4 nitrogen and oxygen atoms in total. The monoisotopic (exact) mass is 355 g/mol. The van der Waals surface area contributed by atoms with Gasteiger partial charge >= 0.3 is 5.97 Å². The smallest absolute Gasteiger partial charge is 0.353 e. The first kappa shape index (κ1) is 17.7. The molecule has 0 aromatic heterocycles. The van der Waals surface area contributed by atoms with Crippen molar-refractivity contribution in [3.05, 3.63) is 35.9 Å². The van der Waals surface area contributed by atoms with Crippen LogP contribution < -0.4 is 0 Å². The van der Waals surface area contributed by atoms with Crippen LogP contribution in [0.15, 0.2) is 35.3 Å². The number of carbonyl (C=O) groups is 1. The Morgan fingerprint density at radius 2 is 1.85 bits per heavy atom. The molecule has 4 aliphatic rings. The first-order valence-corrected chi connectivity index (χ1v) is 9.90. The fourth-order valence-electron chi connectivity index (χ4n) is 5.96. The van der Waals surface area contributed by atoms with E-state index in [0.29, 0.717) is 30.5 Å². The van der Waals surface area contributed by atoms with E-state index in [-0.39, 0.29) is 17.5 Å². The number of carbonyl (C=O) groups excluding carboxylic acids is 1. The zero-order valence-electron chi connectivity index (χ0n) is 15.8. The Labute approximate surface area is 155 Å². The molecule has 2 unspecified atom stereocenters. The maximum atomic E-state index is 13.0. The molecule has 1 aromatic carbocycles. The summed E-state index contributed by atoms with van der Waals surface area (Å²) in [5.74, 6) is 0.728. The van der Waals surface area contributed by atoms with Crippen LogP contribution in [0.5, 0.6) is 0 Å². The molecule has 140 valence electrons. The highest BCUT2D eigenvalue weighted by Crippen LogP contribution is 2.62. The lowest BCUT2D eigenvalue weighted by molar-refractivity contribution is -0.150. The van der Waals surface area contributed by atoms with Crippen molar-refractivity contribution in [2.24, 2.45) is 22.2 Å². The Balaban J connectivity index is 1.67. The standard InChI is InChI=1S/C22H29NO3/c1-15(2)26-20(24)19(23-13-16-6-4-3-5-7-16)21-9-17-8-18(10-21)12-22(25,11-17)14-21/h3-7,15,17-18,25H,8-14H2,1-2H3. The van der Waals surface area contributed by atoms with Crippen molar-refractivity contribution in [2.45, 2.75) is 70.6 Å². The molecule has 4 aliphatic carbocycles. The van der Waals surface area contributed by atoms with Crippen LogP contribution in [0.25, 0.3) is 0 Å². The van der Waals surface area contributed by atoms with Crippen molar-refractivity contribution in [3.8, 4) is 0 Å². The normalized spacial score (nSPS) is 35.8. The average Bonchev–Trinajstić information content (AvgIpc) is 2.52. The molecular weight excluding hydrogens is 326 g/mol. The van der Waals surface area contributed by atoms with Crippen molar-refractivity contribution >= 4 is 11.7 Å². The zero-order valence-corrected chi connectivity index (χ0v) is 15.8. The topological polar surface area (TPSA) is 58.9 Å². The Morgan fingerprint density at radius 3 is 2.42 bits per heavy atom. The van der Waals surface area contributed by atoms with E-state index in [1.807, 2.05) is 44.2 Å². The first-order valence-electron chi connectivity index (χ1n) is 9.90. The van der Waals surface area contributed by atoms with Gasteiger partial charge in [-0.15, -0.1) is 0 Å². The number of hydrogen-bond acceptors (Lipinski definition) is 4. The molecule has 4 saturated carbocycles. The molecule has 1 N–H and O–H groups in total. The second-order valence-electron chi connectivity index (χ2n) is 9.07. The van der Waals surface area contributed by atoms with Crippen LogP contribution in [0.1, 0.15) is 57.9 Å². The summed E-state index contributed by atoms with van der Waals surface area (Å²) in [6, 6.07) is 10.0. The molecule has 4 bridgehead atoms. The van der Waals surface area contributed by atoms with Gasteiger partial charge < -0.3 is 9.84 Å². The first-order chi connectivity index (χ1) is 12.4. The Morgan fingerprint density at radius 1 is 1.19 bits per heavy atom. The molecule has 0 saturated heterocycles. The lowest BCUT2D eigenvalue weighted by Gasteiger charge is -2.60. The molecule has 5 rings (SSSR count). The average molecular weight is 355 g/mol. The van der Waals surface area contributed by atoms with Crippen molar-refractivity contribution in [1.29, 1.82) is 0 Å². The molecule has 4 heteroatoms. The molecule has 4 fully saturated rings. The minimum atomic E-state index is -0.615. The van der Waals surface area contributed by atoms with E-state index in [9.17, 15) is 9.90 Å². The van der Waals surface area contributed by atoms with Gasteiger partial charge in [0.15, 0.2) is 0 Å². The van der Waals surface area contributed by atoms with Crippen LogP contribution in [0.2, 0.25) is 0 Å². The molecule has 1 aromatic rings. The number of aliphatic imine (C=N–C) groups is 1. The second kappa shape index (κ2) is 6.49.